The van der Waals surface area contributed by atoms with Gasteiger partial charge in [-0.05, 0) is 30.3 Å². The van der Waals surface area contributed by atoms with Crippen LogP contribution in [0.4, 0.5) is 21.9 Å². The van der Waals surface area contributed by atoms with Gasteiger partial charge in [-0.15, -0.1) is 0 Å². The first-order chi connectivity index (χ1) is 10.5. The van der Waals surface area contributed by atoms with Crippen LogP contribution in [0.25, 0.3) is 0 Å². The van der Waals surface area contributed by atoms with E-state index in [4.69, 9.17) is 16.3 Å². The van der Waals surface area contributed by atoms with Crippen LogP contribution in [0.5, 0.6) is 5.75 Å². The topological polar surface area (TPSA) is 93.5 Å². The molecule has 0 saturated carbocycles. The van der Waals surface area contributed by atoms with Crippen LogP contribution in [0.1, 0.15) is 0 Å². The molecule has 0 saturated heterocycles. The fraction of sp³-hybridized carbons (Fsp3) is 0.0714. The van der Waals surface area contributed by atoms with Crippen molar-refractivity contribution in [1.82, 2.24) is 0 Å². The monoisotopic (exact) mass is 321 g/mol. The van der Waals surface area contributed by atoms with Crippen molar-refractivity contribution in [2.45, 2.75) is 0 Å². The molecule has 22 heavy (non-hydrogen) atoms. The number of hydrogen-bond donors (Lipinski definition) is 2. The van der Waals surface area contributed by atoms with E-state index in [1.54, 1.807) is 31.4 Å². The molecule has 0 radical (unpaired) electrons. The van der Waals surface area contributed by atoms with E-state index in [1.807, 2.05) is 0 Å². The van der Waals surface area contributed by atoms with Gasteiger partial charge in [0.15, 0.2) is 0 Å². The third-order valence-corrected chi connectivity index (χ3v) is 3.09. The maximum atomic E-state index is 11.9. The van der Waals surface area contributed by atoms with Gasteiger partial charge >= 0.3 is 6.03 Å². The number of amides is 2. The number of ether oxygens (including phenoxy) is 1. The minimum atomic E-state index is -0.567. The first-order valence-electron chi connectivity index (χ1n) is 6.15. The third-order valence-electron chi connectivity index (χ3n) is 2.76. The predicted octanol–water partition coefficient (Wildman–Crippen LogP) is 3.90. The Balaban J connectivity index is 2.08. The number of carbonyl (C=O) groups is 1. The molecule has 0 aliphatic heterocycles. The number of hydrogen-bond acceptors (Lipinski definition) is 4. The van der Waals surface area contributed by atoms with Gasteiger partial charge in [0.2, 0.25) is 0 Å². The molecular weight excluding hydrogens is 310 g/mol. The van der Waals surface area contributed by atoms with Crippen molar-refractivity contribution in [1.29, 1.82) is 0 Å². The SMILES string of the molecule is COc1ccc(NC(=O)Nc2cc([N+](=O)[O-])ccc2Cl)cc1. The highest BCUT2D eigenvalue weighted by molar-refractivity contribution is 6.33. The maximum Gasteiger partial charge on any atom is 0.323 e. The van der Waals surface area contributed by atoms with E-state index in [2.05, 4.69) is 10.6 Å². The summed E-state index contributed by atoms with van der Waals surface area (Å²) in [6, 6.07) is 9.94. The van der Waals surface area contributed by atoms with Gasteiger partial charge in [-0.1, -0.05) is 11.6 Å². The summed E-state index contributed by atoms with van der Waals surface area (Å²) in [5.74, 6) is 0.660. The van der Waals surface area contributed by atoms with E-state index in [9.17, 15) is 14.9 Å². The fourth-order valence-electron chi connectivity index (χ4n) is 1.68. The molecule has 2 rings (SSSR count). The molecule has 2 amide bonds. The van der Waals surface area contributed by atoms with Crippen molar-refractivity contribution < 1.29 is 14.5 Å². The van der Waals surface area contributed by atoms with Crippen LogP contribution in [0, 0.1) is 10.1 Å². The summed E-state index contributed by atoms with van der Waals surface area (Å²) in [6.07, 6.45) is 0. The van der Waals surface area contributed by atoms with Crippen molar-refractivity contribution >= 4 is 34.7 Å². The maximum absolute atomic E-state index is 11.9. The van der Waals surface area contributed by atoms with Crippen LogP contribution >= 0.6 is 11.6 Å². The molecule has 0 aliphatic rings. The number of nitrogens with one attached hydrogen (secondary N) is 2. The van der Waals surface area contributed by atoms with E-state index in [1.165, 1.54) is 18.2 Å². The highest BCUT2D eigenvalue weighted by atomic mass is 35.5. The molecule has 8 heteroatoms. The largest absolute Gasteiger partial charge is 0.497 e. The molecule has 0 bridgehead atoms. The lowest BCUT2D eigenvalue weighted by Gasteiger charge is -2.09. The minimum absolute atomic E-state index is 0.155. The smallest absolute Gasteiger partial charge is 0.323 e. The number of nitro groups is 1. The number of halogens is 1. The summed E-state index contributed by atoms with van der Waals surface area (Å²) in [4.78, 5) is 22.0. The Bertz CT molecular complexity index is 704. The Hall–Kier alpha value is -2.80. The van der Waals surface area contributed by atoms with Gasteiger partial charge in [-0.3, -0.25) is 10.1 Å². The summed E-state index contributed by atoms with van der Waals surface area (Å²) in [5, 5.41) is 16.0. The van der Waals surface area contributed by atoms with E-state index >= 15 is 0 Å². The second-order valence-electron chi connectivity index (χ2n) is 4.23. The number of anilines is 2. The first-order valence-corrected chi connectivity index (χ1v) is 6.53. The molecule has 2 aromatic rings. The molecule has 0 atom stereocenters. The number of nitro benzene ring substituents is 1. The zero-order valence-corrected chi connectivity index (χ0v) is 12.3. The quantitative estimate of drug-likeness (QED) is 0.659. The van der Waals surface area contributed by atoms with Gasteiger partial charge in [-0.2, -0.15) is 0 Å². The molecule has 114 valence electrons. The molecule has 0 aromatic heterocycles. The average molecular weight is 322 g/mol. The number of methoxy groups -OCH3 is 1. The fourth-order valence-corrected chi connectivity index (χ4v) is 1.85. The lowest BCUT2D eigenvalue weighted by Crippen LogP contribution is -2.19. The van der Waals surface area contributed by atoms with Crippen LogP contribution in [0.2, 0.25) is 5.02 Å². The second kappa shape index (κ2) is 6.77. The van der Waals surface area contributed by atoms with Crippen molar-refractivity contribution in [2.24, 2.45) is 0 Å². The number of non-ortho nitro benzene ring substituents is 1. The predicted molar refractivity (Wildman–Crippen MR) is 83.7 cm³/mol. The third kappa shape index (κ3) is 3.86. The molecule has 0 heterocycles. The minimum Gasteiger partial charge on any atom is -0.497 e. The highest BCUT2D eigenvalue weighted by Crippen LogP contribution is 2.26. The van der Waals surface area contributed by atoms with Crippen molar-refractivity contribution in [3.8, 4) is 5.75 Å². The first kappa shape index (κ1) is 15.6. The Morgan fingerprint density at radius 1 is 1.18 bits per heavy atom. The summed E-state index contributed by atoms with van der Waals surface area (Å²) in [6.45, 7) is 0. The van der Waals surface area contributed by atoms with E-state index < -0.39 is 11.0 Å². The van der Waals surface area contributed by atoms with Gasteiger partial charge in [0.05, 0.1) is 22.7 Å². The van der Waals surface area contributed by atoms with Gasteiger partial charge in [-0.25, -0.2) is 4.79 Å². The Kier molecular flexibility index (Phi) is 4.80. The molecule has 7 nitrogen and oxygen atoms in total. The number of benzene rings is 2. The molecule has 2 N–H and O–H groups in total. The van der Waals surface area contributed by atoms with Crippen LogP contribution in [0.3, 0.4) is 0 Å². The number of carbonyl (C=O) groups excluding carboxylic acids is 1. The molecule has 0 fully saturated rings. The molecule has 0 unspecified atom stereocenters. The summed E-state index contributed by atoms with van der Waals surface area (Å²) < 4.78 is 5.01. The lowest BCUT2D eigenvalue weighted by atomic mass is 10.3. The Labute approximate surface area is 131 Å². The zero-order valence-electron chi connectivity index (χ0n) is 11.5. The average Bonchev–Trinajstić information content (AvgIpc) is 2.50. The summed E-state index contributed by atoms with van der Waals surface area (Å²) >= 11 is 5.91. The van der Waals surface area contributed by atoms with Crippen LogP contribution in [-0.4, -0.2) is 18.1 Å². The lowest BCUT2D eigenvalue weighted by molar-refractivity contribution is -0.384. The van der Waals surface area contributed by atoms with Crippen LogP contribution in [0.15, 0.2) is 42.5 Å². The van der Waals surface area contributed by atoms with Crippen molar-refractivity contribution in [3.05, 3.63) is 57.6 Å². The summed E-state index contributed by atoms with van der Waals surface area (Å²) in [7, 11) is 1.54. The van der Waals surface area contributed by atoms with Crippen molar-refractivity contribution in [3.63, 3.8) is 0 Å². The van der Waals surface area contributed by atoms with Crippen LogP contribution < -0.4 is 15.4 Å². The van der Waals surface area contributed by atoms with Gasteiger partial charge in [0.25, 0.3) is 5.69 Å². The van der Waals surface area contributed by atoms with E-state index in [0.717, 1.165) is 0 Å². The standard InChI is InChI=1S/C14H12ClN3O4/c1-22-11-5-2-9(3-6-11)16-14(19)17-13-8-10(18(20)21)4-7-12(13)15/h2-8H,1H3,(H2,16,17,19). The molecule has 2 aromatic carbocycles. The Morgan fingerprint density at radius 2 is 1.86 bits per heavy atom. The van der Waals surface area contributed by atoms with Gasteiger partial charge < -0.3 is 15.4 Å². The van der Waals surface area contributed by atoms with E-state index in [0.29, 0.717) is 11.4 Å². The van der Waals surface area contributed by atoms with Gasteiger partial charge in [0.1, 0.15) is 5.75 Å². The molecule has 0 spiro atoms. The molecule has 0 aliphatic carbocycles. The van der Waals surface area contributed by atoms with E-state index in [-0.39, 0.29) is 16.4 Å². The zero-order chi connectivity index (χ0) is 16.1. The molecular formula is C14H12ClN3O4. The number of rotatable bonds is 4. The normalized spacial score (nSPS) is 9.91. The summed E-state index contributed by atoms with van der Waals surface area (Å²) in [5.41, 5.74) is 0.533. The number of urea groups is 1. The Morgan fingerprint density at radius 3 is 2.45 bits per heavy atom. The second-order valence-corrected chi connectivity index (χ2v) is 4.64. The van der Waals surface area contributed by atoms with Gasteiger partial charge in [0, 0.05) is 17.8 Å². The van der Waals surface area contributed by atoms with Crippen molar-refractivity contribution in [2.75, 3.05) is 17.7 Å². The number of nitrogens with zero attached hydrogens (tertiary/aromatic N) is 1. The highest BCUT2D eigenvalue weighted by Gasteiger charge is 2.12. The van der Waals surface area contributed by atoms with Crippen LogP contribution in [-0.2, 0) is 0 Å².